The number of carbonyl (C=O) groups excluding carboxylic acids is 3. The van der Waals surface area contributed by atoms with Gasteiger partial charge in [0.2, 0.25) is 5.91 Å². The van der Waals surface area contributed by atoms with E-state index in [1.54, 1.807) is 36.4 Å². The number of carbonyl (C=O) groups is 3. The predicted molar refractivity (Wildman–Crippen MR) is 120 cm³/mol. The number of nitrogens with zero attached hydrogens (tertiary/aromatic N) is 2. The maximum atomic E-state index is 13.2. The number of benzene rings is 2. The van der Waals surface area contributed by atoms with Crippen molar-refractivity contribution in [2.24, 2.45) is 11.5 Å². The van der Waals surface area contributed by atoms with Gasteiger partial charge in [-0.1, -0.05) is 24.3 Å². The van der Waals surface area contributed by atoms with E-state index in [1.807, 2.05) is 0 Å². The van der Waals surface area contributed by atoms with E-state index in [4.69, 9.17) is 11.5 Å². The first kappa shape index (κ1) is 21.2. The number of hydrogen-bond acceptors (Lipinski definition) is 5. The van der Waals surface area contributed by atoms with Crippen molar-refractivity contribution in [3.63, 3.8) is 0 Å². The van der Waals surface area contributed by atoms with Crippen LogP contribution in [0.4, 0.5) is 21.0 Å². The van der Waals surface area contributed by atoms with Gasteiger partial charge in [0.1, 0.15) is 11.8 Å². The first-order chi connectivity index (χ1) is 15.4. The summed E-state index contributed by atoms with van der Waals surface area (Å²) in [5.41, 5.74) is 12.7. The summed E-state index contributed by atoms with van der Waals surface area (Å²) in [6.07, 6.45) is 2.48. The second-order valence-corrected chi connectivity index (χ2v) is 7.63. The lowest BCUT2D eigenvalue weighted by Gasteiger charge is -2.29. The summed E-state index contributed by atoms with van der Waals surface area (Å²) < 4.78 is 1.25. The zero-order valence-corrected chi connectivity index (χ0v) is 17.2. The molecule has 4 rings (SSSR count). The van der Waals surface area contributed by atoms with Gasteiger partial charge in [0.25, 0.3) is 0 Å². The van der Waals surface area contributed by atoms with Crippen LogP contribution in [0, 0.1) is 0 Å². The summed E-state index contributed by atoms with van der Waals surface area (Å²) in [5, 5.41) is 15.8. The van der Waals surface area contributed by atoms with Crippen LogP contribution in [0.3, 0.4) is 0 Å². The van der Waals surface area contributed by atoms with Crippen molar-refractivity contribution in [2.75, 3.05) is 17.2 Å². The summed E-state index contributed by atoms with van der Waals surface area (Å²) in [6.45, 7) is 0.201. The Kier molecular flexibility index (Phi) is 5.69. The molecule has 32 heavy (non-hydrogen) atoms. The number of nitrogens with one attached hydrogen (secondary N) is 2. The predicted octanol–water partition coefficient (Wildman–Crippen LogP) is 2.24. The van der Waals surface area contributed by atoms with Crippen LogP contribution in [0.2, 0.25) is 0 Å². The van der Waals surface area contributed by atoms with Crippen molar-refractivity contribution < 1.29 is 19.5 Å². The van der Waals surface area contributed by atoms with E-state index in [0.29, 0.717) is 35.1 Å². The SMILES string of the molecule is NC[C@H]1CC[C@@H](C(=O)Nc2cccc(O)c2)N1C(=O)Nc1cn(C(N)=O)c2ccccc12. The fraction of sp³-hybridized carbons (Fsp3) is 0.227. The normalized spacial score (nSPS) is 18.0. The van der Waals surface area contributed by atoms with Gasteiger partial charge >= 0.3 is 12.1 Å². The number of primary amides is 1. The van der Waals surface area contributed by atoms with Crippen LogP contribution in [0.5, 0.6) is 5.75 Å². The Balaban J connectivity index is 1.58. The minimum absolute atomic E-state index is 0.0227. The molecule has 10 nitrogen and oxygen atoms in total. The number of nitrogens with two attached hydrogens (primary N) is 2. The highest BCUT2D eigenvalue weighted by atomic mass is 16.3. The van der Waals surface area contributed by atoms with E-state index in [0.717, 1.165) is 0 Å². The Morgan fingerprint density at radius 2 is 1.84 bits per heavy atom. The summed E-state index contributed by atoms with van der Waals surface area (Å²) in [6, 6.07) is 11.0. The second kappa shape index (κ2) is 8.60. The molecule has 4 amide bonds. The maximum Gasteiger partial charge on any atom is 0.323 e. The molecule has 1 aliphatic heterocycles. The van der Waals surface area contributed by atoms with E-state index in [9.17, 15) is 19.5 Å². The third-order valence-electron chi connectivity index (χ3n) is 5.62. The van der Waals surface area contributed by atoms with E-state index in [-0.39, 0.29) is 24.2 Å². The van der Waals surface area contributed by atoms with Crippen molar-refractivity contribution in [1.29, 1.82) is 0 Å². The maximum absolute atomic E-state index is 13.2. The van der Waals surface area contributed by atoms with Crippen LogP contribution >= 0.6 is 0 Å². The van der Waals surface area contributed by atoms with E-state index >= 15 is 0 Å². The average molecular weight is 436 g/mol. The summed E-state index contributed by atoms with van der Waals surface area (Å²) >= 11 is 0. The average Bonchev–Trinajstić information content (AvgIpc) is 3.36. The number of phenols is 1. The molecular formula is C22H24N6O4. The zero-order valence-electron chi connectivity index (χ0n) is 17.2. The van der Waals surface area contributed by atoms with Crippen molar-refractivity contribution >= 4 is 40.2 Å². The molecule has 1 fully saturated rings. The lowest BCUT2D eigenvalue weighted by molar-refractivity contribution is -0.119. The third kappa shape index (κ3) is 3.95. The fourth-order valence-electron chi connectivity index (χ4n) is 4.13. The lowest BCUT2D eigenvalue weighted by atomic mass is 10.2. The number of hydrogen-bond donors (Lipinski definition) is 5. The second-order valence-electron chi connectivity index (χ2n) is 7.63. The Morgan fingerprint density at radius 3 is 2.56 bits per heavy atom. The molecule has 166 valence electrons. The van der Waals surface area contributed by atoms with E-state index in [1.165, 1.54) is 27.8 Å². The molecule has 0 spiro atoms. The highest BCUT2D eigenvalue weighted by Gasteiger charge is 2.40. The standard InChI is InChI=1S/C22H24N6O4/c23-11-14-8-9-19(20(30)25-13-4-3-5-15(29)10-13)28(14)22(32)26-17-12-27(21(24)31)18-7-2-1-6-16(17)18/h1-7,10,12,14,19,29H,8-9,11,23H2,(H2,24,31)(H,25,30)(H,26,32)/t14-,19+/m1/s1. The van der Waals surface area contributed by atoms with E-state index in [2.05, 4.69) is 10.6 Å². The highest BCUT2D eigenvalue weighted by molar-refractivity contribution is 6.06. The summed E-state index contributed by atoms with van der Waals surface area (Å²) in [5.74, 6) is -0.351. The number of likely N-dealkylation sites (tertiary alicyclic amines) is 1. The summed E-state index contributed by atoms with van der Waals surface area (Å²) in [7, 11) is 0. The van der Waals surface area contributed by atoms with Gasteiger partial charge in [-0.05, 0) is 31.0 Å². The van der Waals surface area contributed by atoms with Gasteiger partial charge in [-0.25, -0.2) is 9.59 Å². The van der Waals surface area contributed by atoms with Crippen LogP contribution in [0.1, 0.15) is 12.8 Å². The molecule has 7 N–H and O–H groups in total. The van der Waals surface area contributed by atoms with Crippen LogP contribution in [0.25, 0.3) is 10.9 Å². The molecule has 0 unspecified atom stereocenters. The number of para-hydroxylation sites is 1. The number of fused-ring (bicyclic) bond motifs is 1. The lowest BCUT2D eigenvalue weighted by Crippen LogP contribution is -2.50. The molecular weight excluding hydrogens is 412 g/mol. The molecule has 3 aromatic rings. The van der Waals surface area contributed by atoms with Crippen LogP contribution in [-0.2, 0) is 4.79 Å². The molecule has 0 radical (unpaired) electrons. The Bertz CT molecular complexity index is 1190. The van der Waals surface area contributed by atoms with Gasteiger partial charge in [-0.15, -0.1) is 0 Å². The first-order valence-corrected chi connectivity index (χ1v) is 10.2. The van der Waals surface area contributed by atoms with Crippen LogP contribution in [0.15, 0.2) is 54.7 Å². The van der Waals surface area contributed by atoms with Gasteiger partial charge in [0.15, 0.2) is 0 Å². The smallest absolute Gasteiger partial charge is 0.323 e. The molecule has 1 saturated heterocycles. The number of anilines is 2. The molecule has 0 saturated carbocycles. The Morgan fingerprint density at radius 1 is 1.06 bits per heavy atom. The van der Waals surface area contributed by atoms with Crippen LogP contribution < -0.4 is 22.1 Å². The minimum atomic E-state index is -0.740. The van der Waals surface area contributed by atoms with Gasteiger partial charge in [0.05, 0.1) is 11.2 Å². The van der Waals surface area contributed by atoms with Gasteiger partial charge in [-0.2, -0.15) is 0 Å². The minimum Gasteiger partial charge on any atom is -0.508 e. The number of phenolic OH excluding ortho intramolecular Hbond substituents is 1. The van der Waals surface area contributed by atoms with Crippen LogP contribution in [-0.4, -0.2) is 51.2 Å². The monoisotopic (exact) mass is 436 g/mol. The number of aromatic nitrogens is 1. The quantitative estimate of drug-likeness (QED) is 0.424. The number of urea groups is 1. The van der Waals surface area contributed by atoms with Crippen molar-refractivity contribution in [1.82, 2.24) is 9.47 Å². The van der Waals surface area contributed by atoms with Gasteiger partial charge < -0.3 is 32.1 Å². The van der Waals surface area contributed by atoms with E-state index < -0.39 is 18.1 Å². The number of amides is 4. The topological polar surface area (TPSA) is 156 Å². The highest BCUT2D eigenvalue weighted by Crippen LogP contribution is 2.29. The van der Waals surface area contributed by atoms with Gasteiger partial charge in [-0.3, -0.25) is 9.36 Å². The largest absolute Gasteiger partial charge is 0.508 e. The molecule has 2 atom stereocenters. The van der Waals surface area contributed by atoms with Crippen molar-refractivity contribution in [3.05, 3.63) is 54.7 Å². The summed E-state index contributed by atoms with van der Waals surface area (Å²) in [4.78, 5) is 39.4. The molecule has 1 aromatic heterocycles. The van der Waals surface area contributed by atoms with Crippen molar-refractivity contribution in [2.45, 2.75) is 24.9 Å². The molecule has 10 heteroatoms. The molecule has 1 aliphatic rings. The van der Waals surface area contributed by atoms with Crippen molar-refractivity contribution in [3.8, 4) is 5.75 Å². The molecule has 0 bridgehead atoms. The Labute approximate surface area is 183 Å². The fourth-order valence-corrected chi connectivity index (χ4v) is 4.13. The number of aromatic hydroxyl groups is 1. The number of rotatable bonds is 4. The first-order valence-electron chi connectivity index (χ1n) is 10.2. The van der Waals surface area contributed by atoms with Gasteiger partial charge in [0, 0.05) is 35.9 Å². The molecule has 0 aliphatic carbocycles. The zero-order chi connectivity index (χ0) is 22.8. The molecule has 2 aromatic carbocycles. The Hall–Kier alpha value is -4.05. The third-order valence-corrected chi connectivity index (χ3v) is 5.62. The molecule has 2 heterocycles.